The molecule has 0 aliphatic heterocycles. The first-order valence-electron chi connectivity index (χ1n) is 4.49. The lowest BCUT2D eigenvalue weighted by atomic mass is 10.2. The number of rotatable bonds is 1. The van der Waals surface area contributed by atoms with Gasteiger partial charge in [0, 0.05) is 12.4 Å². The first kappa shape index (κ1) is 11.4. The van der Waals surface area contributed by atoms with E-state index in [9.17, 15) is 18.0 Å². The van der Waals surface area contributed by atoms with Crippen molar-refractivity contribution < 1.29 is 18.0 Å². The van der Waals surface area contributed by atoms with Gasteiger partial charge in [-0.2, -0.15) is 13.2 Å². The summed E-state index contributed by atoms with van der Waals surface area (Å²) in [5.41, 5.74) is 0.387. The number of pyridine rings is 1. The smallest absolute Gasteiger partial charge is 0.306 e. The fourth-order valence-electron chi connectivity index (χ4n) is 1.42. The highest BCUT2D eigenvalue weighted by molar-refractivity contribution is 5.92. The Balaban J connectivity index is 2.65. The lowest BCUT2D eigenvalue weighted by Crippen LogP contribution is -2.30. The second kappa shape index (κ2) is 3.74. The molecule has 0 saturated heterocycles. The van der Waals surface area contributed by atoms with Gasteiger partial charge in [0.2, 0.25) is 0 Å². The van der Waals surface area contributed by atoms with Crippen LogP contribution in [0.15, 0.2) is 24.5 Å². The van der Waals surface area contributed by atoms with Crippen LogP contribution in [0.25, 0.3) is 5.65 Å². The van der Waals surface area contributed by atoms with Crippen LogP contribution in [-0.4, -0.2) is 15.3 Å². The minimum Gasteiger partial charge on any atom is -0.306 e. The second-order valence-corrected chi connectivity index (χ2v) is 3.25. The van der Waals surface area contributed by atoms with Crippen LogP contribution in [0, 0.1) is 0 Å². The lowest BCUT2D eigenvalue weighted by Gasteiger charge is -2.06. The lowest BCUT2D eigenvalue weighted by molar-refractivity contribution is -0.136. The van der Waals surface area contributed by atoms with Crippen LogP contribution in [0.4, 0.5) is 13.2 Å². The summed E-state index contributed by atoms with van der Waals surface area (Å²) in [6.07, 6.45) is -1.98. The first-order chi connectivity index (χ1) is 7.93. The maximum absolute atomic E-state index is 12.6. The van der Waals surface area contributed by atoms with E-state index >= 15 is 0 Å². The molecule has 0 fully saturated rings. The number of amides is 1. The van der Waals surface area contributed by atoms with E-state index in [0.29, 0.717) is 0 Å². The Kier molecular flexibility index (Phi) is 2.50. The van der Waals surface area contributed by atoms with Gasteiger partial charge in [-0.1, -0.05) is 0 Å². The zero-order valence-electron chi connectivity index (χ0n) is 8.32. The SMILES string of the molecule is NNC(=O)c1cn2cccc(C(F)(F)F)c2n1. The van der Waals surface area contributed by atoms with Crippen LogP contribution in [0.2, 0.25) is 0 Å². The third-order valence-electron chi connectivity index (χ3n) is 2.15. The van der Waals surface area contributed by atoms with Gasteiger partial charge in [-0.3, -0.25) is 10.2 Å². The number of nitrogens with two attached hydrogens (primary N) is 1. The van der Waals surface area contributed by atoms with Crippen molar-refractivity contribution in [2.45, 2.75) is 6.18 Å². The molecule has 0 radical (unpaired) electrons. The number of fused-ring (bicyclic) bond motifs is 1. The van der Waals surface area contributed by atoms with Gasteiger partial charge in [0.15, 0.2) is 0 Å². The summed E-state index contributed by atoms with van der Waals surface area (Å²) in [7, 11) is 0. The number of carbonyl (C=O) groups is 1. The van der Waals surface area contributed by atoms with Crippen molar-refractivity contribution >= 4 is 11.6 Å². The van der Waals surface area contributed by atoms with Gasteiger partial charge in [0.05, 0.1) is 5.56 Å². The Bertz CT molecular complexity index is 575. The van der Waals surface area contributed by atoms with Crippen molar-refractivity contribution in [3.05, 3.63) is 35.8 Å². The number of hydrogen-bond acceptors (Lipinski definition) is 3. The number of halogens is 3. The molecule has 0 bridgehead atoms. The molecule has 2 aromatic heterocycles. The minimum atomic E-state index is -4.52. The maximum Gasteiger partial charge on any atom is 0.419 e. The van der Waals surface area contributed by atoms with Crippen molar-refractivity contribution in [2.75, 3.05) is 0 Å². The number of aromatic nitrogens is 2. The van der Waals surface area contributed by atoms with E-state index in [1.54, 1.807) is 5.43 Å². The van der Waals surface area contributed by atoms with Crippen LogP contribution < -0.4 is 11.3 Å². The van der Waals surface area contributed by atoms with Gasteiger partial charge in [-0.05, 0) is 12.1 Å². The molecular weight excluding hydrogens is 237 g/mol. The molecule has 2 rings (SSSR count). The largest absolute Gasteiger partial charge is 0.419 e. The monoisotopic (exact) mass is 244 g/mol. The summed E-state index contributed by atoms with van der Waals surface area (Å²) < 4.78 is 39.0. The fourth-order valence-corrected chi connectivity index (χ4v) is 1.42. The van der Waals surface area contributed by atoms with Gasteiger partial charge >= 0.3 is 6.18 Å². The van der Waals surface area contributed by atoms with Crippen molar-refractivity contribution in [1.82, 2.24) is 14.8 Å². The number of nitrogen functional groups attached to an aromatic ring is 1. The van der Waals surface area contributed by atoms with Crippen LogP contribution in [-0.2, 0) is 6.18 Å². The number of nitrogens with zero attached hydrogens (tertiary/aromatic N) is 2. The highest BCUT2D eigenvalue weighted by Gasteiger charge is 2.34. The van der Waals surface area contributed by atoms with Crippen molar-refractivity contribution in [3.63, 3.8) is 0 Å². The van der Waals surface area contributed by atoms with E-state index in [2.05, 4.69) is 4.98 Å². The fraction of sp³-hybridized carbons (Fsp3) is 0.111. The molecule has 0 spiro atoms. The van der Waals surface area contributed by atoms with Crippen LogP contribution >= 0.6 is 0 Å². The molecular formula is C9H7F3N4O. The third kappa shape index (κ3) is 1.94. The van der Waals surface area contributed by atoms with E-state index in [4.69, 9.17) is 5.84 Å². The Morgan fingerprint density at radius 2 is 2.18 bits per heavy atom. The highest BCUT2D eigenvalue weighted by Crippen LogP contribution is 2.31. The molecule has 1 amide bonds. The summed E-state index contributed by atoms with van der Waals surface area (Å²) in [5, 5.41) is 0. The molecule has 0 atom stereocenters. The van der Waals surface area contributed by atoms with Gasteiger partial charge in [0.1, 0.15) is 11.3 Å². The van der Waals surface area contributed by atoms with E-state index in [1.165, 1.54) is 18.5 Å². The van der Waals surface area contributed by atoms with Crippen LogP contribution in [0.1, 0.15) is 16.1 Å². The summed E-state index contributed by atoms with van der Waals surface area (Å²) in [6, 6.07) is 2.12. The Labute approximate surface area is 93.0 Å². The summed E-state index contributed by atoms with van der Waals surface area (Å²) >= 11 is 0. The normalized spacial score (nSPS) is 11.8. The van der Waals surface area contributed by atoms with Crippen molar-refractivity contribution in [1.29, 1.82) is 0 Å². The molecule has 90 valence electrons. The predicted molar refractivity (Wildman–Crippen MR) is 51.8 cm³/mol. The molecule has 2 heterocycles. The first-order valence-corrected chi connectivity index (χ1v) is 4.49. The number of carbonyl (C=O) groups excluding carboxylic acids is 1. The molecule has 2 aromatic rings. The van der Waals surface area contributed by atoms with Crippen LogP contribution in [0.5, 0.6) is 0 Å². The Hall–Kier alpha value is -2.09. The minimum absolute atomic E-state index is 0.177. The van der Waals surface area contributed by atoms with Gasteiger partial charge in [-0.25, -0.2) is 10.8 Å². The molecule has 3 N–H and O–H groups in total. The molecule has 0 aromatic carbocycles. The zero-order chi connectivity index (χ0) is 12.6. The summed E-state index contributed by atoms with van der Waals surface area (Å²) in [4.78, 5) is 14.8. The standard InChI is InChI=1S/C9H7F3N4O/c10-9(11,12)5-2-1-3-16-4-6(8(17)15-13)14-7(5)16/h1-4H,13H2,(H,15,17). The molecule has 0 saturated carbocycles. The molecule has 8 heteroatoms. The summed E-state index contributed by atoms with van der Waals surface area (Å²) in [5.74, 6) is 4.13. The predicted octanol–water partition coefficient (Wildman–Crippen LogP) is 0.957. The average molecular weight is 244 g/mol. The van der Waals surface area contributed by atoms with Crippen LogP contribution in [0.3, 0.4) is 0 Å². The average Bonchev–Trinajstić information content (AvgIpc) is 2.69. The number of hydrazine groups is 1. The number of imidazole rings is 1. The molecule has 17 heavy (non-hydrogen) atoms. The molecule has 0 unspecified atom stereocenters. The van der Waals surface area contributed by atoms with E-state index in [0.717, 1.165) is 10.5 Å². The number of alkyl halides is 3. The van der Waals surface area contributed by atoms with E-state index in [1.807, 2.05) is 0 Å². The molecule has 5 nitrogen and oxygen atoms in total. The summed E-state index contributed by atoms with van der Waals surface area (Å²) in [6.45, 7) is 0. The number of hydrogen-bond donors (Lipinski definition) is 2. The molecule has 0 aliphatic carbocycles. The van der Waals surface area contributed by atoms with Crippen molar-refractivity contribution in [3.8, 4) is 0 Å². The van der Waals surface area contributed by atoms with Gasteiger partial charge in [-0.15, -0.1) is 0 Å². The van der Waals surface area contributed by atoms with Crippen molar-refractivity contribution in [2.24, 2.45) is 5.84 Å². The quantitative estimate of drug-likeness (QED) is 0.445. The second-order valence-electron chi connectivity index (χ2n) is 3.25. The van der Waals surface area contributed by atoms with E-state index < -0.39 is 17.6 Å². The topological polar surface area (TPSA) is 72.4 Å². The highest BCUT2D eigenvalue weighted by atomic mass is 19.4. The maximum atomic E-state index is 12.6. The molecule has 0 aliphatic rings. The number of nitrogens with one attached hydrogen (secondary N) is 1. The van der Waals surface area contributed by atoms with Gasteiger partial charge < -0.3 is 4.40 Å². The van der Waals surface area contributed by atoms with Gasteiger partial charge in [0.25, 0.3) is 5.91 Å². The Morgan fingerprint density at radius 3 is 2.76 bits per heavy atom. The third-order valence-corrected chi connectivity index (χ3v) is 2.15. The zero-order valence-corrected chi connectivity index (χ0v) is 8.32. The Morgan fingerprint density at radius 1 is 1.47 bits per heavy atom. The van der Waals surface area contributed by atoms with E-state index in [-0.39, 0.29) is 11.3 Å².